The summed E-state index contributed by atoms with van der Waals surface area (Å²) in [6.07, 6.45) is 1.26. The number of likely N-dealkylation sites (tertiary alicyclic amines) is 1. The molecule has 5 N–H and O–H groups in total. The Morgan fingerprint density at radius 3 is 2.09 bits per heavy atom. The van der Waals surface area contributed by atoms with E-state index in [1.54, 1.807) is 16.8 Å². The van der Waals surface area contributed by atoms with Gasteiger partial charge in [0, 0.05) is 64.3 Å². The maximum Gasteiger partial charge on any atom is 0.336 e. The minimum Gasteiger partial charge on any atom is -0.481 e. The highest BCUT2D eigenvalue weighted by Gasteiger charge is 2.41. The molecule has 2 aromatic carbocycles. The minimum absolute atomic E-state index is 0.0110. The highest BCUT2D eigenvalue weighted by molar-refractivity contribution is 6.42. The predicted octanol–water partition coefficient (Wildman–Crippen LogP) is 3.33. The van der Waals surface area contributed by atoms with Crippen LogP contribution < -0.4 is 5.32 Å². The highest BCUT2D eigenvalue weighted by atomic mass is 35.5. The zero-order valence-electron chi connectivity index (χ0n) is 29.7. The van der Waals surface area contributed by atoms with Crippen LogP contribution in [-0.4, -0.2) is 147 Å². The maximum absolute atomic E-state index is 13.1. The molecule has 290 valence electrons. The van der Waals surface area contributed by atoms with Crippen LogP contribution in [0.5, 0.6) is 0 Å². The van der Waals surface area contributed by atoms with Gasteiger partial charge in [0.1, 0.15) is 6.54 Å². The van der Waals surface area contributed by atoms with E-state index in [1.165, 1.54) is 0 Å². The maximum atomic E-state index is 13.1. The van der Waals surface area contributed by atoms with Crippen molar-refractivity contribution in [2.45, 2.75) is 56.1 Å². The smallest absolute Gasteiger partial charge is 0.336 e. The van der Waals surface area contributed by atoms with Gasteiger partial charge in [0.25, 0.3) is 5.91 Å². The number of benzene rings is 2. The molecule has 2 heterocycles. The van der Waals surface area contributed by atoms with Gasteiger partial charge in [-0.05, 0) is 62.1 Å². The molecule has 2 aliphatic rings. The number of hydrogen-bond donors (Lipinski definition) is 5. The first-order valence-corrected chi connectivity index (χ1v) is 17.9. The van der Waals surface area contributed by atoms with Gasteiger partial charge in [0.2, 0.25) is 5.91 Å². The van der Waals surface area contributed by atoms with E-state index in [0.29, 0.717) is 28.7 Å². The topological polar surface area (TPSA) is 208 Å². The van der Waals surface area contributed by atoms with Crippen molar-refractivity contribution in [2.24, 2.45) is 0 Å². The van der Waals surface area contributed by atoms with Crippen LogP contribution in [0.25, 0.3) is 0 Å². The van der Waals surface area contributed by atoms with Crippen LogP contribution in [0.1, 0.15) is 60.4 Å². The molecular weight excluding hydrogens is 733 g/mol. The Bertz CT molecular complexity index is 1590. The number of urea groups is 1. The molecule has 2 aromatic rings. The molecule has 1 atom stereocenters. The first kappa shape index (κ1) is 43.0. The van der Waals surface area contributed by atoms with Crippen LogP contribution in [0.3, 0.4) is 0 Å². The molecule has 4 amide bonds. The summed E-state index contributed by atoms with van der Waals surface area (Å²) < 4.78 is 0. The number of halogens is 2. The fraction of sp³-hybridized carbons (Fsp3) is 0.500. The lowest BCUT2D eigenvalue weighted by Crippen LogP contribution is -2.57. The highest BCUT2D eigenvalue weighted by Crippen LogP contribution is 2.30. The Balaban J connectivity index is 0.000000496. The summed E-state index contributed by atoms with van der Waals surface area (Å²) in [6, 6.07) is 15.2. The predicted molar refractivity (Wildman–Crippen MR) is 196 cm³/mol. The van der Waals surface area contributed by atoms with Gasteiger partial charge in [0.15, 0.2) is 5.60 Å². The zero-order valence-corrected chi connectivity index (χ0v) is 31.3. The Morgan fingerprint density at radius 2 is 1.55 bits per heavy atom. The Morgan fingerprint density at radius 1 is 0.925 bits per heavy atom. The number of hydrogen-bond acceptors (Lipinski definition) is 8. The van der Waals surface area contributed by atoms with E-state index in [2.05, 4.69) is 10.2 Å². The van der Waals surface area contributed by atoms with Crippen molar-refractivity contribution in [1.82, 2.24) is 24.9 Å². The lowest BCUT2D eigenvalue weighted by molar-refractivity contribution is -0.170. The van der Waals surface area contributed by atoms with Gasteiger partial charge in [-0.1, -0.05) is 47.5 Å². The molecule has 0 spiro atoms. The van der Waals surface area contributed by atoms with Gasteiger partial charge in [-0.15, -0.1) is 0 Å². The molecule has 15 nitrogen and oxygen atoms in total. The first-order chi connectivity index (χ1) is 25.0. The van der Waals surface area contributed by atoms with Crippen LogP contribution in [0.15, 0.2) is 48.5 Å². The third-order valence-corrected chi connectivity index (χ3v) is 10.0. The molecule has 0 aliphatic carbocycles. The number of nitrogens with zero attached hydrogens (tertiary/aromatic N) is 4. The van der Waals surface area contributed by atoms with E-state index in [4.69, 9.17) is 43.6 Å². The number of carboxylic acid groups (broad SMARTS) is 3. The SMILES string of the molecule is CNC(=O)CN1CCCN(C2CCN(CC[C@H](CN(C)C(=O)c3ccccc3)c3ccc(Cl)c(Cl)c3)CC2)C1=O.O=C(O)CC(O)(CC(=O)O)C(=O)O. The van der Waals surface area contributed by atoms with E-state index in [-0.39, 0.29) is 36.3 Å². The average Bonchev–Trinajstić information content (AvgIpc) is 3.11. The second-order valence-electron chi connectivity index (χ2n) is 13.2. The van der Waals surface area contributed by atoms with E-state index >= 15 is 0 Å². The number of likely N-dealkylation sites (N-methyl/N-ethyl adjacent to an activating group) is 2. The van der Waals surface area contributed by atoms with Crippen LogP contribution in [0, 0.1) is 0 Å². The van der Waals surface area contributed by atoms with E-state index in [1.807, 2.05) is 60.5 Å². The fourth-order valence-electron chi connectivity index (χ4n) is 6.39. The van der Waals surface area contributed by atoms with Gasteiger partial charge in [-0.2, -0.15) is 0 Å². The van der Waals surface area contributed by atoms with Crippen LogP contribution >= 0.6 is 23.2 Å². The molecule has 2 aliphatic heterocycles. The van der Waals surface area contributed by atoms with Gasteiger partial charge in [0.05, 0.1) is 22.9 Å². The lowest BCUT2D eigenvalue weighted by atomic mass is 9.93. The van der Waals surface area contributed by atoms with E-state index in [9.17, 15) is 28.8 Å². The van der Waals surface area contributed by atoms with Crippen LogP contribution in [-0.2, 0) is 19.2 Å². The quantitative estimate of drug-likeness (QED) is 0.177. The third-order valence-electron chi connectivity index (χ3n) is 9.31. The molecule has 4 rings (SSSR count). The Hall–Kier alpha value is -4.44. The summed E-state index contributed by atoms with van der Waals surface area (Å²) in [6.45, 7) is 4.72. The zero-order chi connectivity index (χ0) is 39.3. The molecule has 0 radical (unpaired) electrons. The number of piperidine rings is 1. The number of carbonyl (C=O) groups excluding carboxylic acids is 3. The van der Waals surface area contributed by atoms with Crippen molar-refractivity contribution in [3.05, 3.63) is 69.7 Å². The van der Waals surface area contributed by atoms with Crippen molar-refractivity contribution in [3.63, 3.8) is 0 Å². The van der Waals surface area contributed by atoms with Crippen LogP contribution in [0.2, 0.25) is 10.0 Å². The van der Waals surface area contributed by atoms with Crippen molar-refractivity contribution in [3.8, 4) is 0 Å². The molecular formula is C36H47Cl2N5O10. The van der Waals surface area contributed by atoms with Gasteiger partial charge < -0.3 is 45.3 Å². The van der Waals surface area contributed by atoms with Crippen molar-refractivity contribution in [1.29, 1.82) is 0 Å². The van der Waals surface area contributed by atoms with E-state index in [0.717, 1.165) is 57.4 Å². The second-order valence-corrected chi connectivity index (χ2v) is 14.0. The van der Waals surface area contributed by atoms with Gasteiger partial charge in [-0.3, -0.25) is 19.2 Å². The normalized spacial score (nSPS) is 15.9. The summed E-state index contributed by atoms with van der Waals surface area (Å²) in [5.41, 5.74) is -1.01. The number of aliphatic carboxylic acids is 3. The van der Waals surface area contributed by atoms with Gasteiger partial charge >= 0.3 is 23.9 Å². The van der Waals surface area contributed by atoms with Crippen LogP contribution in [0.4, 0.5) is 4.79 Å². The van der Waals surface area contributed by atoms with Gasteiger partial charge in [-0.25, -0.2) is 9.59 Å². The number of rotatable bonds is 15. The number of carboxylic acids is 3. The molecule has 17 heteroatoms. The number of aliphatic hydroxyl groups is 1. The summed E-state index contributed by atoms with van der Waals surface area (Å²) in [5, 5.41) is 37.4. The first-order valence-electron chi connectivity index (χ1n) is 17.2. The summed E-state index contributed by atoms with van der Waals surface area (Å²) >= 11 is 12.6. The minimum atomic E-state index is -2.74. The number of amides is 4. The average molecular weight is 781 g/mol. The lowest BCUT2D eigenvalue weighted by Gasteiger charge is -2.43. The third kappa shape index (κ3) is 12.9. The van der Waals surface area contributed by atoms with Crippen molar-refractivity contribution >= 4 is 59.0 Å². The molecule has 0 saturated carbocycles. The van der Waals surface area contributed by atoms with Crippen molar-refractivity contribution < 1.29 is 49.2 Å². The number of carbonyl (C=O) groups is 6. The fourth-order valence-corrected chi connectivity index (χ4v) is 6.70. The monoisotopic (exact) mass is 779 g/mol. The largest absolute Gasteiger partial charge is 0.481 e. The Labute approximate surface area is 318 Å². The summed E-state index contributed by atoms with van der Waals surface area (Å²) in [7, 11) is 3.43. The van der Waals surface area contributed by atoms with E-state index < -0.39 is 36.4 Å². The van der Waals surface area contributed by atoms with Crippen molar-refractivity contribution in [2.75, 3.05) is 59.9 Å². The molecule has 2 fully saturated rings. The standard InChI is InChI=1S/C30H39Cl2N5O3.C6H8O7/c1-33-28(38)21-36-14-6-15-37(30(36)40)25-12-17-35(18-13-25)16-11-24(23-9-10-26(31)27(32)19-23)20-34(2)29(39)22-7-4-3-5-8-22;7-3(8)1-6(13,5(11)12)2-4(9)10/h3-5,7-10,19,24-25H,6,11-18,20-21H2,1-2H3,(H,33,38);13H,1-2H2,(H,7,8)(H,9,10)(H,11,12)/t24-;/m1./s1. The summed E-state index contributed by atoms with van der Waals surface area (Å²) in [5.74, 6) is -5.08. The molecule has 0 unspecified atom stereocenters. The molecule has 2 saturated heterocycles. The second kappa shape index (κ2) is 20.1. The number of nitrogens with one attached hydrogen (secondary N) is 1. The Kier molecular flexibility index (Phi) is 16.3. The summed E-state index contributed by atoms with van der Waals surface area (Å²) in [4.78, 5) is 76.3. The molecule has 53 heavy (non-hydrogen) atoms. The molecule has 0 bridgehead atoms. The molecule has 0 aromatic heterocycles.